The summed E-state index contributed by atoms with van der Waals surface area (Å²) in [7, 11) is 0. The highest BCUT2D eigenvalue weighted by atomic mass is 19.4. The van der Waals surface area contributed by atoms with Crippen molar-refractivity contribution in [3.05, 3.63) is 71.0 Å². The molecule has 0 aromatic rings. The van der Waals surface area contributed by atoms with Gasteiger partial charge in [-0.1, -0.05) is 45.1 Å². The third-order valence-electron chi connectivity index (χ3n) is 5.34. The second-order valence-electron chi connectivity index (χ2n) is 8.31. The third-order valence-corrected chi connectivity index (χ3v) is 5.34. The van der Waals surface area contributed by atoms with Crippen LogP contribution in [-0.4, -0.2) is 43.9 Å². The number of carbonyl (C=O) groups is 2. The number of ether oxygens (including phenoxy) is 1. The SMILES string of the molecule is C=C/C=C(C(=O)N/C=C/C(C)=C\C(=C/C)CF)\C(CCCC)=C(\CC)C(C)OCC(=O)NCC(F)(F)F. The minimum Gasteiger partial charge on any atom is -0.364 e. The minimum absolute atomic E-state index is 0.376. The number of alkyl halides is 4. The van der Waals surface area contributed by atoms with Crippen LogP contribution in [0.1, 0.15) is 60.3 Å². The fraction of sp³-hybridized carbons (Fsp3) is 0.500. The molecule has 1 atom stereocenters. The standard InChI is InChI=1S/C28H40F4N2O3/c1-7-11-13-24(23(10-4)21(6)37-18-26(35)34-19-28(30,31)32)25(12-8-2)27(36)33-15-14-20(5)16-22(9-3)17-29/h8-9,12,14-16,21H,2,7,10-11,13,17-19H2,1,3-6H3,(H,33,36)(H,34,35)/b15-14+,20-16-,22-9+,24-23-,25-12+. The molecule has 0 aliphatic rings. The predicted octanol–water partition coefficient (Wildman–Crippen LogP) is 6.57. The van der Waals surface area contributed by atoms with E-state index in [1.165, 1.54) is 12.3 Å². The van der Waals surface area contributed by atoms with Crippen LogP contribution in [0, 0.1) is 0 Å². The Balaban J connectivity index is 5.85. The van der Waals surface area contributed by atoms with Gasteiger partial charge in [0.1, 0.15) is 19.8 Å². The Morgan fingerprint density at radius 3 is 2.38 bits per heavy atom. The summed E-state index contributed by atoms with van der Waals surface area (Å²) in [4.78, 5) is 24.9. The predicted molar refractivity (Wildman–Crippen MR) is 140 cm³/mol. The molecule has 0 bridgehead atoms. The Bertz CT molecular complexity index is 913. The molecule has 9 heteroatoms. The second-order valence-corrected chi connectivity index (χ2v) is 8.31. The maximum absolute atomic E-state index is 13.1. The van der Waals surface area contributed by atoms with Crippen molar-refractivity contribution in [3.63, 3.8) is 0 Å². The van der Waals surface area contributed by atoms with Gasteiger partial charge in [0.15, 0.2) is 0 Å². The van der Waals surface area contributed by atoms with E-state index in [1.807, 2.05) is 13.8 Å². The summed E-state index contributed by atoms with van der Waals surface area (Å²) < 4.78 is 55.5. The van der Waals surface area contributed by atoms with Crippen LogP contribution in [0.15, 0.2) is 71.0 Å². The lowest BCUT2D eigenvalue weighted by atomic mass is 9.90. The number of amides is 2. The molecule has 0 aromatic heterocycles. The van der Waals surface area contributed by atoms with Crippen LogP contribution < -0.4 is 10.6 Å². The molecular formula is C28H40F4N2O3. The summed E-state index contributed by atoms with van der Waals surface area (Å²) in [5.41, 5.74) is 3.16. The molecule has 0 rings (SSSR count). The summed E-state index contributed by atoms with van der Waals surface area (Å²) in [6.07, 6.45) is 7.15. The molecule has 0 fully saturated rings. The normalized spacial score (nSPS) is 14.9. The van der Waals surface area contributed by atoms with Crippen LogP contribution >= 0.6 is 0 Å². The summed E-state index contributed by atoms with van der Waals surface area (Å²) in [5, 5.41) is 4.51. The van der Waals surface area contributed by atoms with Crippen LogP contribution in [-0.2, 0) is 14.3 Å². The average molecular weight is 529 g/mol. The molecular weight excluding hydrogens is 488 g/mol. The van der Waals surface area contributed by atoms with Gasteiger partial charge in [-0.25, -0.2) is 4.39 Å². The smallest absolute Gasteiger partial charge is 0.364 e. The average Bonchev–Trinajstić information content (AvgIpc) is 2.85. The van der Waals surface area contributed by atoms with Crippen molar-refractivity contribution in [3.8, 4) is 0 Å². The molecule has 5 nitrogen and oxygen atoms in total. The van der Waals surface area contributed by atoms with Crippen LogP contribution in [0.4, 0.5) is 17.6 Å². The monoisotopic (exact) mass is 528 g/mol. The number of rotatable bonds is 16. The van der Waals surface area contributed by atoms with Crippen LogP contribution in [0.25, 0.3) is 0 Å². The van der Waals surface area contributed by atoms with E-state index in [-0.39, 0.29) is 5.91 Å². The molecule has 0 aliphatic heterocycles. The van der Waals surface area contributed by atoms with E-state index < -0.39 is 38.0 Å². The number of unbranched alkanes of at least 4 members (excludes halogenated alkanes) is 1. The molecule has 0 spiro atoms. The van der Waals surface area contributed by atoms with Gasteiger partial charge in [-0.05, 0) is 74.5 Å². The van der Waals surface area contributed by atoms with Gasteiger partial charge in [0.05, 0.1) is 6.10 Å². The van der Waals surface area contributed by atoms with Gasteiger partial charge in [0.2, 0.25) is 5.91 Å². The molecule has 0 heterocycles. The van der Waals surface area contributed by atoms with Gasteiger partial charge >= 0.3 is 6.18 Å². The molecule has 2 amide bonds. The molecule has 0 aromatic carbocycles. The Hall–Kier alpha value is -2.94. The molecule has 0 aliphatic carbocycles. The Morgan fingerprint density at radius 1 is 1.19 bits per heavy atom. The first-order valence-electron chi connectivity index (χ1n) is 12.3. The van der Waals surface area contributed by atoms with Crippen LogP contribution in [0.2, 0.25) is 0 Å². The van der Waals surface area contributed by atoms with Crippen LogP contribution in [0.3, 0.4) is 0 Å². The van der Waals surface area contributed by atoms with Crippen molar-refractivity contribution in [1.29, 1.82) is 0 Å². The van der Waals surface area contributed by atoms with Gasteiger partial charge in [-0.3, -0.25) is 9.59 Å². The number of nitrogens with one attached hydrogen (secondary N) is 2. The summed E-state index contributed by atoms with van der Waals surface area (Å²) in [6, 6.07) is 0. The fourth-order valence-corrected chi connectivity index (χ4v) is 3.42. The van der Waals surface area contributed by atoms with Gasteiger partial charge in [0.25, 0.3) is 5.91 Å². The first-order valence-corrected chi connectivity index (χ1v) is 12.3. The van der Waals surface area contributed by atoms with Crippen molar-refractivity contribution >= 4 is 11.8 Å². The third kappa shape index (κ3) is 14.4. The molecule has 1 unspecified atom stereocenters. The van der Waals surface area contributed by atoms with Crippen molar-refractivity contribution in [2.45, 2.75) is 72.6 Å². The van der Waals surface area contributed by atoms with E-state index in [2.05, 4.69) is 11.9 Å². The number of hydrogen-bond donors (Lipinski definition) is 2. The second kappa shape index (κ2) is 18.3. The Labute approximate surface area is 218 Å². The first kappa shape index (κ1) is 34.1. The van der Waals surface area contributed by atoms with Gasteiger partial charge in [-0.2, -0.15) is 13.2 Å². The van der Waals surface area contributed by atoms with E-state index in [0.29, 0.717) is 24.0 Å². The molecule has 0 radical (unpaired) electrons. The molecule has 0 saturated carbocycles. The molecule has 2 N–H and O–H groups in total. The number of allylic oxidation sites excluding steroid dienone is 7. The highest BCUT2D eigenvalue weighted by Crippen LogP contribution is 2.27. The maximum atomic E-state index is 13.1. The minimum atomic E-state index is -4.51. The van der Waals surface area contributed by atoms with Gasteiger partial charge in [-0.15, -0.1) is 0 Å². The highest BCUT2D eigenvalue weighted by molar-refractivity contribution is 5.99. The van der Waals surface area contributed by atoms with E-state index in [1.54, 1.807) is 50.4 Å². The van der Waals surface area contributed by atoms with Crippen molar-refractivity contribution < 1.29 is 31.9 Å². The van der Waals surface area contributed by atoms with Crippen molar-refractivity contribution in [1.82, 2.24) is 10.6 Å². The largest absolute Gasteiger partial charge is 0.405 e. The summed E-state index contributed by atoms with van der Waals surface area (Å²) in [5.74, 6) is -1.26. The van der Waals surface area contributed by atoms with Gasteiger partial charge in [0, 0.05) is 11.8 Å². The lowest BCUT2D eigenvalue weighted by Gasteiger charge is -2.22. The maximum Gasteiger partial charge on any atom is 0.405 e. The van der Waals surface area contributed by atoms with E-state index >= 15 is 0 Å². The van der Waals surface area contributed by atoms with Crippen molar-refractivity contribution in [2.24, 2.45) is 0 Å². The molecule has 0 saturated heterocycles. The Morgan fingerprint density at radius 2 is 1.86 bits per heavy atom. The number of hydrogen-bond acceptors (Lipinski definition) is 3. The fourth-order valence-electron chi connectivity index (χ4n) is 3.42. The highest BCUT2D eigenvalue weighted by Gasteiger charge is 2.28. The molecule has 208 valence electrons. The van der Waals surface area contributed by atoms with Crippen LogP contribution in [0.5, 0.6) is 0 Å². The molecule has 37 heavy (non-hydrogen) atoms. The van der Waals surface area contributed by atoms with E-state index in [0.717, 1.165) is 29.6 Å². The lowest BCUT2D eigenvalue weighted by Crippen LogP contribution is -2.36. The van der Waals surface area contributed by atoms with E-state index in [4.69, 9.17) is 4.74 Å². The quantitative estimate of drug-likeness (QED) is 0.135. The van der Waals surface area contributed by atoms with E-state index in [9.17, 15) is 27.2 Å². The summed E-state index contributed by atoms with van der Waals surface area (Å²) in [6.45, 7) is 10.3. The topological polar surface area (TPSA) is 67.4 Å². The van der Waals surface area contributed by atoms with Crippen molar-refractivity contribution in [2.75, 3.05) is 19.8 Å². The first-order chi connectivity index (χ1) is 17.4. The Kier molecular flexibility index (Phi) is 16.9. The lowest BCUT2D eigenvalue weighted by molar-refractivity contribution is -0.141. The number of halogens is 4. The van der Waals surface area contributed by atoms with Gasteiger partial charge < -0.3 is 15.4 Å². The zero-order chi connectivity index (χ0) is 28.4. The number of carbonyl (C=O) groups excluding carboxylic acids is 2. The summed E-state index contributed by atoms with van der Waals surface area (Å²) >= 11 is 0. The zero-order valence-electron chi connectivity index (χ0n) is 22.4. The zero-order valence-corrected chi connectivity index (χ0v) is 22.4.